The van der Waals surface area contributed by atoms with Gasteiger partial charge in [-0.3, -0.25) is 5.10 Å². The van der Waals surface area contributed by atoms with Crippen LogP contribution in [0.5, 0.6) is 0 Å². The van der Waals surface area contributed by atoms with E-state index in [9.17, 15) is 0 Å². The van der Waals surface area contributed by atoms with Gasteiger partial charge in [0.15, 0.2) is 0 Å². The smallest absolute Gasteiger partial charge is 0.116 e. The van der Waals surface area contributed by atoms with Gasteiger partial charge < -0.3 is 24.3 Å². The van der Waals surface area contributed by atoms with Crippen LogP contribution < -0.4 is 14.5 Å². The molecule has 0 amide bonds. The van der Waals surface area contributed by atoms with Gasteiger partial charge in [-0.15, -0.1) is 16.6 Å². The zero-order valence-corrected chi connectivity index (χ0v) is 31.3. The van der Waals surface area contributed by atoms with E-state index >= 15 is 0 Å². The summed E-state index contributed by atoms with van der Waals surface area (Å²) in [6, 6.07) is 42.8. The van der Waals surface area contributed by atoms with Crippen molar-refractivity contribution in [1.29, 1.82) is 0 Å². The Morgan fingerprint density at radius 2 is 1.23 bits per heavy atom. The van der Waals surface area contributed by atoms with Gasteiger partial charge in [0.2, 0.25) is 0 Å². The first-order valence-electron chi connectivity index (χ1n) is 17.0. The number of hydrogen-bond acceptors (Lipinski definition) is 7. The Morgan fingerprint density at radius 1 is 0.673 bits per heavy atom. The molecule has 10 nitrogen and oxygen atoms in total. The molecule has 1 radical (unpaired) electrons. The number of para-hydroxylation sites is 2. The number of benzene rings is 4. The van der Waals surface area contributed by atoms with Crippen LogP contribution in [0.4, 0.5) is 11.4 Å². The summed E-state index contributed by atoms with van der Waals surface area (Å²) in [5, 5.41) is 12.8. The first kappa shape index (κ1) is 36.3. The van der Waals surface area contributed by atoms with Gasteiger partial charge in [0, 0.05) is 31.9 Å². The van der Waals surface area contributed by atoms with E-state index in [4.69, 9.17) is 0 Å². The summed E-state index contributed by atoms with van der Waals surface area (Å²) < 4.78 is 5.22. The van der Waals surface area contributed by atoms with E-state index in [1.165, 1.54) is 5.56 Å². The molecular weight excluding hydrogens is 825 g/mol. The molecule has 8 rings (SSSR count). The van der Waals surface area contributed by atoms with Crippen molar-refractivity contribution in [3.8, 4) is 11.4 Å². The van der Waals surface area contributed by atoms with Gasteiger partial charge >= 0.3 is 0 Å². The second-order valence-corrected chi connectivity index (χ2v) is 12.1. The minimum absolute atomic E-state index is 0. The third-order valence-corrected chi connectivity index (χ3v) is 8.27. The summed E-state index contributed by atoms with van der Waals surface area (Å²) in [6.07, 6.45) is 17.1. The Hall–Kier alpha value is -5.51. The summed E-state index contributed by atoms with van der Waals surface area (Å²) in [7, 11) is 1.87. The van der Waals surface area contributed by atoms with Crippen LogP contribution in [-0.2, 0) is 40.2 Å². The maximum absolute atomic E-state index is 4.46. The van der Waals surface area contributed by atoms with Crippen LogP contribution >= 0.6 is 0 Å². The van der Waals surface area contributed by atoms with Gasteiger partial charge in [-0.25, -0.2) is 15.6 Å². The monoisotopic (exact) mass is 864 g/mol. The van der Waals surface area contributed by atoms with Crippen molar-refractivity contribution in [3.63, 3.8) is 0 Å². The molecule has 0 bridgehead atoms. The number of hydrogen-bond donors (Lipinski definition) is 0. The largest absolute Gasteiger partial charge is 0.508 e. The van der Waals surface area contributed by atoms with E-state index in [1.54, 1.807) is 14.0 Å². The van der Waals surface area contributed by atoms with Crippen molar-refractivity contribution in [2.45, 2.75) is 25.9 Å². The van der Waals surface area contributed by atoms with Crippen molar-refractivity contribution < 1.29 is 24.8 Å². The Labute approximate surface area is 319 Å². The molecule has 0 atom stereocenters. The molecule has 0 spiro atoms. The van der Waals surface area contributed by atoms with Crippen LogP contribution in [-0.4, -0.2) is 47.8 Å². The maximum atomic E-state index is 4.46. The van der Waals surface area contributed by atoms with Crippen LogP contribution in [0.15, 0.2) is 134 Å². The van der Waals surface area contributed by atoms with E-state index in [0.29, 0.717) is 18.8 Å². The quantitative estimate of drug-likeness (QED) is 0.0870. The minimum Gasteiger partial charge on any atom is -0.508 e. The van der Waals surface area contributed by atoms with Crippen molar-refractivity contribution in [1.82, 2.24) is 34.7 Å². The van der Waals surface area contributed by atoms with Crippen molar-refractivity contribution in [2.24, 2.45) is 7.05 Å². The summed E-state index contributed by atoms with van der Waals surface area (Å²) in [6.45, 7) is 7.59. The number of aromatic nitrogens is 6. The second-order valence-electron chi connectivity index (χ2n) is 12.1. The topological polar surface area (TPSA) is 65.4 Å². The van der Waals surface area contributed by atoms with Crippen LogP contribution in [0.3, 0.4) is 0 Å². The van der Waals surface area contributed by atoms with Gasteiger partial charge in [0.05, 0.1) is 7.05 Å². The zero-order valence-electron chi connectivity index (χ0n) is 28.9. The van der Waals surface area contributed by atoms with Crippen molar-refractivity contribution in [3.05, 3.63) is 183 Å². The number of nitrogens with zero attached hydrogens (tertiary/aromatic N) is 10. The van der Waals surface area contributed by atoms with Gasteiger partial charge in [-0.2, -0.15) is 79.7 Å². The molecule has 0 fully saturated rings. The molecule has 0 saturated carbocycles. The molecule has 2 aliphatic heterocycles. The van der Waals surface area contributed by atoms with Gasteiger partial charge in [-0.05, 0) is 61.9 Å². The van der Waals surface area contributed by atoms with E-state index in [2.05, 4.69) is 134 Å². The van der Waals surface area contributed by atoms with Crippen LogP contribution in [0.2, 0.25) is 0 Å². The SMILES string of the molecule is Cn1n[n+](Cc2ccccc2)[c-]c1-c1[c-]n(Cc2ccccc2)nn1.[Ir].[c-]1ccccc1N1C=CN(CCCCN2C=CN(c3[c-]cccc3)[CH-]2)[CH-]1. The van der Waals surface area contributed by atoms with Gasteiger partial charge in [0.1, 0.15) is 6.54 Å². The Morgan fingerprint density at radius 3 is 1.79 bits per heavy atom. The summed E-state index contributed by atoms with van der Waals surface area (Å²) in [5.74, 6) is 0. The minimum atomic E-state index is 0. The normalized spacial score (nSPS) is 13.3. The molecular formula is C41H39IrN10-5. The molecule has 0 N–H and O–H groups in total. The standard InChI is InChI=1S/C22H22N4.C19H17N6.Ir/c1-3-9-21(10-4-1)25-17-15-23(19-25)13-7-8-14-24-16-18-26(20-24)22-11-5-2-6-12-22;1-23-19(15-25(22-23)13-17-10-6-3-7-11-17)18-14-24(21-20-18)12-16-8-4-2-5-9-16;/h1-6,9,11,15-20H,7-8,13-14H2;2-11H,12-13H2,1H3;/q-4;-1;. The van der Waals surface area contributed by atoms with Crippen molar-refractivity contribution >= 4 is 11.4 Å². The molecule has 267 valence electrons. The Balaban J connectivity index is 0.000000175. The van der Waals surface area contributed by atoms with E-state index < -0.39 is 0 Å². The van der Waals surface area contributed by atoms with Crippen LogP contribution in [0, 0.1) is 37.9 Å². The summed E-state index contributed by atoms with van der Waals surface area (Å²) >= 11 is 0. The fourth-order valence-electron chi connectivity index (χ4n) is 5.67. The predicted molar refractivity (Wildman–Crippen MR) is 196 cm³/mol. The summed E-state index contributed by atoms with van der Waals surface area (Å²) in [5.41, 5.74) is 5.86. The van der Waals surface area contributed by atoms with Gasteiger partial charge in [0.25, 0.3) is 0 Å². The number of aryl methyl sites for hydroxylation is 1. The first-order chi connectivity index (χ1) is 25.2. The van der Waals surface area contributed by atoms with E-state index in [1.807, 2.05) is 79.8 Å². The number of anilines is 2. The molecule has 4 heterocycles. The molecule has 6 aromatic rings. The number of unbranched alkanes of at least 4 members (excludes halogenated alkanes) is 1. The Kier molecular flexibility index (Phi) is 12.6. The average molecular weight is 864 g/mol. The first-order valence-corrected chi connectivity index (χ1v) is 17.0. The molecule has 0 saturated heterocycles. The zero-order chi connectivity index (χ0) is 34.7. The van der Waals surface area contributed by atoms with E-state index in [0.717, 1.165) is 48.6 Å². The summed E-state index contributed by atoms with van der Waals surface area (Å²) in [4.78, 5) is 8.67. The molecule has 0 aliphatic carbocycles. The molecule has 2 aromatic heterocycles. The molecule has 4 aromatic carbocycles. The third-order valence-electron chi connectivity index (χ3n) is 8.27. The third kappa shape index (κ3) is 9.84. The number of rotatable bonds is 12. The van der Waals surface area contributed by atoms with E-state index in [-0.39, 0.29) is 20.1 Å². The fraction of sp³-hybridized carbons (Fsp3) is 0.171. The molecule has 11 heteroatoms. The average Bonchev–Trinajstić information content (AvgIpc) is 4.01. The second kappa shape index (κ2) is 18.1. The van der Waals surface area contributed by atoms with Crippen LogP contribution in [0.25, 0.3) is 11.4 Å². The van der Waals surface area contributed by atoms with Crippen LogP contribution in [0.1, 0.15) is 24.0 Å². The fourth-order valence-corrected chi connectivity index (χ4v) is 5.67. The Bertz CT molecular complexity index is 1930. The van der Waals surface area contributed by atoms with Crippen molar-refractivity contribution in [2.75, 3.05) is 22.9 Å². The maximum Gasteiger partial charge on any atom is 0.116 e. The molecule has 0 unspecified atom stereocenters. The van der Waals surface area contributed by atoms with Gasteiger partial charge in [-0.1, -0.05) is 72.6 Å². The predicted octanol–water partition coefficient (Wildman–Crippen LogP) is 5.85. The molecule has 2 aliphatic rings. The molecule has 52 heavy (non-hydrogen) atoms.